The van der Waals surface area contributed by atoms with Crippen molar-refractivity contribution in [2.45, 2.75) is 0 Å². The Hall–Kier alpha value is -3.09. The van der Waals surface area contributed by atoms with Crippen molar-refractivity contribution in [1.29, 1.82) is 0 Å². The summed E-state index contributed by atoms with van der Waals surface area (Å²) in [5.74, 6) is -0.321. The Labute approximate surface area is 185 Å². The van der Waals surface area contributed by atoms with Crippen molar-refractivity contribution in [2.24, 2.45) is 0 Å². The monoisotopic (exact) mass is 483 g/mol. The van der Waals surface area contributed by atoms with E-state index >= 15 is 0 Å². The van der Waals surface area contributed by atoms with Crippen LogP contribution in [0.15, 0.2) is 75.6 Å². The maximum absolute atomic E-state index is 13.1. The number of ketones is 1. The number of amides is 1. The first-order valence-electron chi connectivity index (χ1n) is 8.94. The van der Waals surface area contributed by atoms with Gasteiger partial charge in [0, 0.05) is 20.4 Å². The van der Waals surface area contributed by atoms with Gasteiger partial charge >= 0.3 is 0 Å². The Balaban J connectivity index is 1.82. The van der Waals surface area contributed by atoms with Gasteiger partial charge in [0.15, 0.2) is 5.76 Å². The molecule has 1 amide bonds. The van der Waals surface area contributed by atoms with E-state index in [9.17, 15) is 9.59 Å². The van der Waals surface area contributed by atoms with Crippen molar-refractivity contribution < 1.29 is 18.7 Å². The van der Waals surface area contributed by atoms with Gasteiger partial charge in [-0.3, -0.25) is 9.59 Å². The van der Waals surface area contributed by atoms with Gasteiger partial charge in [-0.25, -0.2) is 0 Å². The third kappa shape index (κ3) is 3.84. The molecule has 5 nitrogen and oxygen atoms in total. The number of hydrogen-bond donors (Lipinski definition) is 1. The third-order valence-corrected chi connectivity index (χ3v) is 5.30. The zero-order valence-electron chi connectivity index (χ0n) is 15.7. The number of halogens is 2. The van der Waals surface area contributed by atoms with Gasteiger partial charge in [0.05, 0.1) is 18.4 Å². The Bertz CT molecular complexity index is 1260. The number of rotatable bonds is 5. The van der Waals surface area contributed by atoms with Gasteiger partial charge < -0.3 is 14.5 Å². The van der Waals surface area contributed by atoms with Crippen LogP contribution in [-0.4, -0.2) is 18.8 Å². The molecule has 4 rings (SSSR count). The normalized spacial score (nSPS) is 10.8. The van der Waals surface area contributed by atoms with Gasteiger partial charge in [0.25, 0.3) is 5.91 Å². The van der Waals surface area contributed by atoms with Crippen molar-refractivity contribution in [3.63, 3.8) is 0 Å². The van der Waals surface area contributed by atoms with Crippen LogP contribution in [0, 0.1) is 0 Å². The highest BCUT2D eigenvalue weighted by atomic mass is 79.9. The molecule has 0 radical (unpaired) electrons. The molecular formula is C23H15BrClNO4. The van der Waals surface area contributed by atoms with Gasteiger partial charge in [0.2, 0.25) is 5.78 Å². The number of carbonyl (C=O) groups excluding carboxylic acids is 2. The number of fused-ring (bicyclic) bond motifs is 1. The quantitative estimate of drug-likeness (QED) is 0.336. The molecule has 0 saturated heterocycles. The molecule has 0 bridgehead atoms. The summed E-state index contributed by atoms with van der Waals surface area (Å²) in [5, 5.41) is 3.95. The van der Waals surface area contributed by atoms with Crippen molar-refractivity contribution >= 4 is 55.9 Å². The molecule has 0 aliphatic rings. The van der Waals surface area contributed by atoms with Crippen molar-refractivity contribution in [1.82, 2.24) is 0 Å². The summed E-state index contributed by atoms with van der Waals surface area (Å²) >= 11 is 9.36. The van der Waals surface area contributed by atoms with E-state index in [4.69, 9.17) is 20.8 Å². The lowest BCUT2D eigenvalue weighted by atomic mass is 10.1. The fraction of sp³-hybridized carbons (Fsp3) is 0.0435. The summed E-state index contributed by atoms with van der Waals surface area (Å²) in [5.41, 5.74) is 1.51. The molecule has 0 unspecified atom stereocenters. The van der Waals surface area contributed by atoms with E-state index < -0.39 is 5.91 Å². The molecule has 1 N–H and O–H groups in total. The summed E-state index contributed by atoms with van der Waals surface area (Å²) in [4.78, 5) is 26.2. The summed E-state index contributed by atoms with van der Waals surface area (Å²) < 4.78 is 11.9. The first kappa shape index (κ1) is 20.2. The molecule has 1 aromatic heterocycles. The highest BCUT2D eigenvalue weighted by Gasteiger charge is 2.25. The van der Waals surface area contributed by atoms with Crippen LogP contribution in [0.2, 0.25) is 5.02 Å². The van der Waals surface area contributed by atoms with Crippen LogP contribution in [0.1, 0.15) is 26.5 Å². The van der Waals surface area contributed by atoms with E-state index in [0.717, 1.165) is 4.47 Å². The minimum atomic E-state index is -0.416. The van der Waals surface area contributed by atoms with Crippen LogP contribution in [0.5, 0.6) is 5.75 Å². The van der Waals surface area contributed by atoms with Gasteiger partial charge in [-0.1, -0.05) is 39.7 Å². The average Bonchev–Trinajstić information content (AvgIpc) is 3.11. The smallest absolute Gasteiger partial charge is 0.259 e. The summed E-state index contributed by atoms with van der Waals surface area (Å²) in [7, 11) is 1.49. The molecule has 0 atom stereocenters. The average molecular weight is 485 g/mol. The van der Waals surface area contributed by atoms with Crippen LogP contribution in [-0.2, 0) is 0 Å². The largest absolute Gasteiger partial charge is 0.496 e. The number of hydrogen-bond acceptors (Lipinski definition) is 4. The van der Waals surface area contributed by atoms with Crippen molar-refractivity contribution in [3.8, 4) is 5.75 Å². The van der Waals surface area contributed by atoms with Crippen LogP contribution < -0.4 is 10.1 Å². The molecule has 7 heteroatoms. The Kier molecular flexibility index (Phi) is 5.61. The molecular weight excluding hydrogens is 470 g/mol. The number of anilines is 1. The lowest BCUT2D eigenvalue weighted by molar-refractivity contribution is 0.101. The minimum absolute atomic E-state index is 0.0358. The maximum Gasteiger partial charge on any atom is 0.259 e. The van der Waals surface area contributed by atoms with E-state index in [-0.39, 0.29) is 11.5 Å². The predicted octanol–water partition coefficient (Wildman–Crippen LogP) is 6.34. The zero-order chi connectivity index (χ0) is 21.3. The number of nitrogens with one attached hydrogen (secondary N) is 1. The van der Waals surface area contributed by atoms with E-state index in [1.54, 1.807) is 66.7 Å². The molecule has 0 spiro atoms. The zero-order valence-corrected chi connectivity index (χ0v) is 18.1. The summed E-state index contributed by atoms with van der Waals surface area (Å²) in [6, 6.07) is 18.6. The number of methoxy groups -OCH3 is 1. The molecule has 4 aromatic rings. The highest BCUT2D eigenvalue weighted by Crippen LogP contribution is 2.35. The highest BCUT2D eigenvalue weighted by molar-refractivity contribution is 9.10. The molecule has 0 aliphatic heterocycles. The standard InChI is InChI=1S/C23H15BrClNO4/c1-29-18-5-3-2-4-16(18)23(28)26-20-17-12-14(24)8-11-19(17)30-22(20)21(27)13-6-9-15(25)10-7-13/h2-12H,1H3,(H,26,28). The molecule has 30 heavy (non-hydrogen) atoms. The number of carbonyl (C=O) groups is 2. The topological polar surface area (TPSA) is 68.5 Å². The van der Waals surface area contributed by atoms with Crippen LogP contribution in [0.4, 0.5) is 5.69 Å². The van der Waals surface area contributed by atoms with E-state index in [1.807, 2.05) is 0 Å². The predicted molar refractivity (Wildman–Crippen MR) is 120 cm³/mol. The molecule has 0 saturated carbocycles. The van der Waals surface area contributed by atoms with Gasteiger partial charge in [-0.05, 0) is 54.6 Å². The van der Waals surface area contributed by atoms with Crippen molar-refractivity contribution in [3.05, 3.63) is 93.1 Å². The Morgan fingerprint density at radius 2 is 1.77 bits per heavy atom. The lowest BCUT2D eigenvalue weighted by Gasteiger charge is -2.09. The third-order valence-electron chi connectivity index (χ3n) is 4.55. The van der Waals surface area contributed by atoms with Crippen LogP contribution in [0.25, 0.3) is 11.0 Å². The van der Waals surface area contributed by atoms with E-state index in [2.05, 4.69) is 21.2 Å². The summed E-state index contributed by atoms with van der Waals surface area (Å²) in [6.07, 6.45) is 0. The Morgan fingerprint density at radius 3 is 2.50 bits per heavy atom. The van der Waals surface area contributed by atoms with Crippen molar-refractivity contribution in [2.75, 3.05) is 12.4 Å². The second-order valence-electron chi connectivity index (χ2n) is 6.44. The number of para-hydroxylation sites is 1. The first-order valence-corrected chi connectivity index (χ1v) is 10.1. The maximum atomic E-state index is 13.1. The molecule has 0 aliphatic carbocycles. The molecule has 150 valence electrons. The number of ether oxygens (including phenoxy) is 1. The second-order valence-corrected chi connectivity index (χ2v) is 7.79. The fourth-order valence-electron chi connectivity index (χ4n) is 3.10. The number of benzene rings is 3. The van der Waals surface area contributed by atoms with E-state index in [0.29, 0.717) is 38.6 Å². The molecule has 0 fully saturated rings. The summed E-state index contributed by atoms with van der Waals surface area (Å²) in [6.45, 7) is 0. The van der Waals surface area contributed by atoms with Gasteiger partial charge in [0.1, 0.15) is 11.3 Å². The molecule has 1 heterocycles. The van der Waals surface area contributed by atoms with Gasteiger partial charge in [-0.15, -0.1) is 0 Å². The van der Waals surface area contributed by atoms with Gasteiger partial charge in [-0.2, -0.15) is 0 Å². The minimum Gasteiger partial charge on any atom is -0.496 e. The van der Waals surface area contributed by atoms with Crippen LogP contribution in [0.3, 0.4) is 0 Å². The Morgan fingerprint density at radius 1 is 1.03 bits per heavy atom. The second kappa shape index (κ2) is 8.34. The number of furan rings is 1. The van der Waals surface area contributed by atoms with Crippen LogP contribution >= 0.6 is 27.5 Å². The SMILES string of the molecule is COc1ccccc1C(=O)Nc1c(C(=O)c2ccc(Cl)cc2)oc2ccc(Br)cc12. The first-order chi connectivity index (χ1) is 14.5. The molecule has 3 aromatic carbocycles. The lowest BCUT2D eigenvalue weighted by Crippen LogP contribution is -2.15. The van der Waals surface area contributed by atoms with E-state index in [1.165, 1.54) is 7.11 Å². The fourth-order valence-corrected chi connectivity index (χ4v) is 3.59.